The summed E-state index contributed by atoms with van der Waals surface area (Å²) in [6, 6.07) is 2.19. The van der Waals surface area contributed by atoms with E-state index in [0.717, 1.165) is 11.0 Å². The van der Waals surface area contributed by atoms with E-state index in [1.165, 1.54) is 36.1 Å². The van der Waals surface area contributed by atoms with Gasteiger partial charge in [-0.25, -0.2) is 4.98 Å². The Balaban J connectivity index is 2.38. The van der Waals surface area contributed by atoms with Gasteiger partial charge in [-0.2, -0.15) is 0 Å². The quantitative estimate of drug-likeness (QED) is 0.736. The van der Waals surface area contributed by atoms with Gasteiger partial charge in [-0.1, -0.05) is 13.8 Å². The van der Waals surface area contributed by atoms with E-state index in [9.17, 15) is 0 Å². The summed E-state index contributed by atoms with van der Waals surface area (Å²) in [4.78, 5) is 4.60. The van der Waals surface area contributed by atoms with Gasteiger partial charge in [0.15, 0.2) is 0 Å². The van der Waals surface area contributed by atoms with E-state index < -0.39 is 0 Å². The highest BCUT2D eigenvalue weighted by Crippen LogP contribution is 2.28. The molecule has 76 valence electrons. The molecule has 2 rings (SSSR count). The topological polar surface area (TPSA) is 12.9 Å². The van der Waals surface area contributed by atoms with Crippen LogP contribution in [0.4, 0.5) is 0 Å². The summed E-state index contributed by atoms with van der Waals surface area (Å²) in [5.41, 5.74) is 4.37. The molecule has 2 heteroatoms. The fourth-order valence-electron chi connectivity index (χ4n) is 2.18. The van der Waals surface area contributed by atoms with Crippen LogP contribution < -0.4 is 0 Å². The van der Waals surface area contributed by atoms with Gasteiger partial charge in [-0.05, 0) is 64.7 Å². The van der Waals surface area contributed by atoms with Crippen LogP contribution in [0.5, 0.6) is 0 Å². The second-order valence-corrected chi connectivity index (χ2v) is 5.29. The lowest BCUT2D eigenvalue weighted by Crippen LogP contribution is -2.02. The highest BCUT2D eigenvalue weighted by atomic mass is 79.9. The number of aryl methyl sites for hydroxylation is 1. The molecule has 0 saturated carbocycles. The molecule has 0 aliphatic heterocycles. The van der Waals surface area contributed by atoms with Gasteiger partial charge >= 0.3 is 0 Å². The molecule has 0 radical (unpaired) electrons. The number of hydrogen-bond donors (Lipinski definition) is 0. The van der Waals surface area contributed by atoms with E-state index in [4.69, 9.17) is 0 Å². The molecule has 0 fully saturated rings. The van der Waals surface area contributed by atoms with E-state index >= 15 is 0 Å². The third-order valence-corrected chi connectivity index (χ3v) is 3.15. The van der Waals surface area contributed by atoms with Gasteiger partial charge in [-0.15, -0.1) is 0 Å². The van der Waals surface area contributed by atoms with Crippen molar-refractivity contribution in [3.8, 4) is 0 Å². The number of fused-ring (bicyclic) bond motifs is 1. The van der Waals surface area contributed by atoms with E-state index in [2.05, 4.69) is 40.8 Å². The molecular formula is C12H16BrN. The zero-order valence-electron chi connectivity index (χ0n) is 8.81. The lowest BCUT2D eigenvalue weighted by molar-refractivity contribution is 0.629. The molecule has 0 aromatic carbocycles. The average Bonchev–Trinajstić information content (AvgIpc) is 2.50. The standard InChI is InChI=1S/C12H16BrN/c1-8(2)6-11-10-5-3-4-9(10)7-12(13)14-11/h7-8H,3-6H2,1-2H3. The predicted octanol–water partition coefficient (Wildman–Crippen LogP) is 3.53. The number of pyridine rings is 1. The highest BCUT2D eigenvalue weighted by Gasteiger charge is 2.17. The Morgan fingerprint density at radius 3 is 2.93 bits per heavy atom. The maximum atomic E-state index is 4.60. The van der Waals surface area contributed by atoms with Crippen LogP contribution in [0.25, 0.3) is 0 Å². The Morgan fingerprint density at radius 2 is 2.21 bits per heavy atom. The summed E-state index contributed by atoms with van der Waals surface area (Å²) in [5, 5.41) is 0. The van der Waals surface area contributed by atoms with Crippen LogP contribution in [-0.2, 0) is 19.3 Å². The molecule has 0 unspecified atom stereocenters. The maximum absolute atomic E-state index is 4.60. The largest absolute Gasteiger partial charge is 0.246 e. The Labute approximate surface area is 94.1 Å². The minimum Gasteiger partial charge on any atom is -0.246 e. The number of nitrogens with zero attached hydrogens (tertiary/aromatic N) is 1. The van der Waals surface area contributed by atoms with Crippen LogP contribution in [-0.4, -0.2) is 4.98 Å². The van der Waals surface area contributed by atoms with Crippen LogP contribution in [0, 0.1) is 5.92 Å². The van der Waals surface area contributed by atoms with Gasteiger partial charge in [0.2, 0.25) is 0 Å². The maximum Gasteiger partial charge on any atom is 0.106 e. The van der Waals surface area contributed by atoms with Gasteiger partial charge in [0.05, 0.1) is 0 Å². The lowest BCUT2D eigenvalue weighted by atomic mass is 10.0. The zero-order valence-corrected chi connectivity index (χ0v) is 10.4. The summed E-state index contributed by atoms with van der Waals surface area (Å²) in [5.74, 6) is 0.696. The Morgan fingerprint density at radius 1 is 1.43 bits per heavy atom. The molecule has 1 aliphatic rings. The molecule has 1 aliphatic carbocycles. The van der Waals surface area contributed by atoms with Crippen LogP contribution in [0.3, 0.4) is 0 Å². The van der Waals surface area contributed by atoms with Crippen molar-refractivity contribution < 1.29 is 0 Å². The number of rotatable bonds is 2. The van der Waals surface area contributed by atoms with Gasteiger partial charge in [-0.3, -0.25) is 0 Å². The van der Waals surface area contributed by atoms with Crippen molar-refractivity contribution >= 4 is 15.9 Å². The first-order chi connectivity index (χ1) is 6.66. The Kier molecular flexibility index (Phi) is 2.91. The lowest BCUT2D eigenvalue weighted by Gasteiger charge is -2.10. The molecule has 1 aromatic heterocycles. The zero-order chi connectivity index (χ0) is 10.1. The molecule has 0 saturated heterocycles. The van der Waals surface area contributed by atoms with Gasteiger partial charge in [0.25, 0.3) is 0 Å². The normalized spacial score (nSPS) is 14.9. The summed E-state index contributed by atoms with van der Waals surface area (Å²) in [6.45, 7) is 4.51. The fourth-order valence-corrected chi connectivity index (χ4v) is 2.67. The van der Waals surface area contributed by atoms with Crippen molar-refractivity contribution in [2.24, 2.45) is 5.92 Å². The average molecular weight is 254 g/mol. The molecule has 0 N–H and O–H groups in total. The molecule has 1 aromatic rings. The molecule has 1 heterocycles. The van der Waals surface area contributed by atoms with Crippen molar-refractivity contribution in [3.05, 3.63) is 27.5 Å². The van der Waals surface area contributed by atoms with E-state index in [1.807, 2.05) is 0 Å². The number of halogens is 1. The second kappa shape index (κ2) is 4.01. The van der Waals surface area contributed by atoms with Crippen molar-refractivity contribution in [1.82, 2.24) is 4.98 Å². The summed E-state index contributed by atoms with van der Waals surface area (Å²) in [6.07, 6.45) is 4.89. The van der Waals surface area contributed by atoms with E-state index in [1.54, 1.807) is 0 Å². The van der Waals surface area contributed by atoms with Crippen molar-refractivity contribution in [3.63, 3.8) is 0 Å². The molecular weight excluding hydrogens is 238 g/mol. The first-order valence-electron chi connectivity index (χ1n) is 5.34. The van der Waals surface area contributed by atoms with E-state index in [-0.39, 0.29) is 0 Å². The minimum atomic E-state index is 0.696. The molecule has 0 bridgehead atoms. The van der Waals surface area contributed by atoms with Crippen molar-refractivity contribution in [1.29, 1.82) is 0 Å². The third kappa shape index (κ3) is 2.00. The SMILES string of the molecule is CC(C)Cc1nc(Br)cc2c1CCC2. The first-order valence-corrected chi connectivity index (χ1v) is 6.13. The first kappa shape index (κ1) is 10.2. The predicted molar refractivity (Wildman–Crippen MR) is 62.5 cm³/mol. The smallest absolute Gasteiger partial charge is 0.106 e. The third-order valence-electron chi connectivity index (χ3n) is 2.75. The second-order valence-electron chi connectivity index (χ2n) is 4.48. The molecule has 0 amide bonds. The van der Waals surface area contributed by atoms with Crippen LogP contribution >= 0.6 is 15.9 Å². The van der Waals surface area contributed by atoms with Crippen molar-refractivity contribution in [2.75, 3.05) is 0 Å². The summed E-state index contributed by atoms with van der Waals surface area (Å²) < 4.78 is 1.01. The van der Waals surface area contributed by atoms with E-state index in [0.29, 0.717) is 5.92 Å². The monoisotopic (exact) mass is 253 g/mol. The minimum absolute atomic E-state index is 0.696. The molecule has 0 atom stereocenters. The van der Waals surface area contributed by atoms with Crippen LogP contribution in [0.2, 0.25) is 0 Å². The fraction of sp³-hybridized carbons (Fsp3) is 0.583. The molecule has 0 spiro atoms. The van der Waals surface area contributed by atoms with Gasteiger partial charge in [0, 0.05) is 5.69 Å². The van der Waals surface area contributed by atoms with Crippen molar-refractivity contribution in [2.45, 2.75) is 39.5 Å². The summed E-state index contributed by atoms with van der Waals surface area (Å²) >= 11 is 3.49. The van der Waals surface area contributed by atoms with Gasteiger partial charge < -0.3 is 0 Å². The van der Waals surface area contributed by atoms with Gasteiger partial charge in [0.1, 0.15) is 4.60 Å². The highest BCUT2D eigenvalue weighted by molar-refractivity contribution is 9.10. The number of hydrogen-bond acceptors (Lipinski definition) is 1. The van der Waals surface area contributed by atoms with Crippen LogP contribution in [0.1, 0.15) is 37.1 Å². The molecule has 14 heavy (non-hydrogen) atoms. The number of aromatic nitrogens is 1. The Bertz CT molecular complexity index is 344. The molecule has 1 nitrogen and oxygen atoms in total. The van der Waals surface area contributed by atoms with Crippen LogP contribution in [0.15, 0.2) is 10.7 Å². The summed E-state index contributed by atoms with van der Waals surface area (Å²) in [7, 11) is 0. The Hall–Kier alpha value is -0.370.